The Kier molecular flexibility index (Phi) is 27.2. The number of carbonyl (C=O) groups is 2. The highest BCUT2D eigenvalue weighted by molar-refractivity contribution is 7.04. The Morgan fingerprint density at radius 2 is 1.15 bits per heavy atom. The smallest absolute Gasteiger partial charge is 0.318 e. The maximum atomic E-state index is 12.4. The average Bonchev–Trinajstić information content (AvgIpc) is 3.25. The van der Waals surface area contributed by atoms with E-state index >= 15 is 0 Å². The van der Waals surface area contributed by atoms with Crippen LogP contribution in [0.1, 0.15) is 31.2 Å². The van der Waals surface area contributed by atoms with Crippen molar-refractivity contribution in [3.63, 3.8) is 0 Å². The molecule has 2 aromatic rings. The highest BCUT2D eigenvalue weighted by Gasteiger charge is 2.49. The third-order valence-electron chi connectivity index (χ3n) is 9.00. The second kappa shape index (κ2) is 28.4. The van der Waals surface area contributed by atoms with Crippen LogP contribution in [0, 0.1) is 0 Å². The van der Waals surface area contributed by atoms with E-state index in [2.05, 4.69) is 67.4 Å². The number of ether oxygens (including phenoxy) is 1. The van der Waals surface area contributed by atoms with E-state index < -0.39 is 91.0 Å². The maximum Gasteiger partial charge on any atom is 0.445 e. The largest absolute Gasteiger partial charge is 0.445 e. The zero-order chi connectivity index (χ0) is 53.5. The normalized spacial score (nSPS) is 13.0. The van der Waals surface area contributed by atoms with Crippen molar-refractivity contribution in [1.29, 1.82) is 0 Å². The Hall–Kier alpha value is -5.09. The molecule has 0 N–H and O–H groups in total. The van der Waals surface area contributed by atoms with Gasteiger partial charge in [0.05, 0.1) is 6.42 Å². The van der Waals surface area contributed by atoms with Crippen molar-refractivity contribution in [3.05, 3.63) is 128 Å². The molecule has 0 aromatic heterocycles. The van der Waals surface area contributed by atoms with Crippen molar-refractivity contribution in [2.24, 2.45) is 0 Å². The maximum absolute atomic E-state index is 12.4. The number of anilines is 1. The number of carbonyl (C=O) groups excluding carboxylic acids is 2. The molecule has 0 heterocycles. The molecule has 0 fully saturated rings. The summed E-state index contributed by atoms with van der Waals surface area (Å²) in [4.78, 5) is 26.4. The molecule has 68 heavy (non-hydrogen) atoms. The van der Waals surface area contributed by atoms with Gasteiger partial charge in [0, 0.05) is 26.3 Å². The van der Waals surface area contributed by atoms with Gasteiger partial charge in [0.2, 0.25) is 12.0 Å². The lowest BCUT2D eigenvalue weighted by atomic mass is 10.1. The lowest BCUT2D eigenvalue weighted by Crippen LogP contribution is -2.43. The minimum atomic E-state index is -5.57. The number of hydrogen-bond donors (Lipinski definition) is 0. The first-order chi connectivity index (χ1) is 31.0. The van der Waals surface area contributed by atoms with E-state index in [9.17, 15) is 88.8 Å². The third kappa shape index (κ3) is 23.8. The van der Waals surface area contributed by atoms with Crippen molar-refractivity contribution in [2.75, 3.05) is 32.2 Å². The van der Waals surface area contributed by atoms with Gasteiger partial charge in [-0.25, -0.2) is 13.6 Å². The molecule has 0 radical (unpaired) electrons. The molecule has 0 saturated heterocycles. The molecule has 26 heteroatoms. The fraction of sp³-hybridized carbons (Fsp3) is 0.381. The predicted octanol–water partition coefficient (Wildman–Crippen LogP) is 12.5. The SMILES string of the molecule is C=C[Si](C=C)(C=C)c1cccc(CCCCN(C)C(=O)F)c1.C=C[Si](C=C)(C=C)c1cccc(N(C)C(=O)CC(F)(F)F)c1.FCC(F)(F)OC(F)C(F)(F)F.FOC(CC(F)(F)F)C(F)(F)F. The van der Waals surface area contributed by atoms with Crippen LogP contribution in [0.15, 0.2) is 122 Å². The number of aryl methyl sites for hydroxylation is 1. The number of benzene rings is 2. The molecule has 0 bridgehead atoms. The summed E-state index contributed by atoms with van der Waals surface area (Å²) in [5.41, 5.74) is 12.8. The van der Waals surface area contributed by atoms with Crippen LogP contribution in [0.2, 0.25) is 0 Å². The second-order valence-corrected chi connectivity index (χ2v) is 21.2. The molecule has 0 aliphatic carbocycles. The van der Waals surface area contributed by atoms with Gasteiger partial charge in [-0.2, -0.15) is 66.4 Å². The number of rotatable bonds is 20. The van der Waals surface area contributed by atoms with Crippen LogP contribution in [0.3, 0.4) is 0 Å². The first-order valence-corrected chi connectivity index (χ1v) is 23.5. The van der Waals surface area contributed by atoms with Crippen LogP contribution in [-0.4, -0.2) is 104 Å². The van der Waals surface area contributed by atoms with Crippen molar-refractivity contribution in [3.8, 4) is 0 Å². The standard InChI is InChI=1S/C18H24FNOSi.C16H18F3NOSi.2C4H3F7O/c1-5-22(6-2,7-3)17-13-10-12-16(15-17)11-8-9-14-20(4)18(19)21;1-5-22(6-2,7-3)14-10-8-9-13(11-14)20(4)15(21)12-16(17,18)19;5-1-3(7,8)12-2(6)4(9,10)11;5-3(6,7)1-2(12-11)4(8,9)10/h5-7,10,12-13,15H,1-3,8-9,11,14H2,4H3;5-11H,1-3,12H2,4H3;2*2H,1H2. The summed E-state index contributed by atoms with van der Waals surface area (Å²) in [5, 5.41) is 2.08. The van der Waals surface area contributed by atoms with Crippen LogP contribution in [0.25, 0.3) is 0 Å². The van der Waals surface area contributed by atoms with Gasteiger partial charge >= 0.3 is 37.0 Å². The number of nitrogens with zero attached hydrogens (tertiary/aromatic N) is 2. The molecule has 2 amide bonds. The minimum absolute atomic E-state index is 0.397. The minimum Gasteiger partial charge on any atom is -0.318 e. The van der Waals surface area contributed by atoms with Gasteiger partial charge < -0.3 is 9.80 Å². The molecule has 2 rings (SSSR count). The first kappa shape index (κ1) is 65.0. The monoisotopic (exact) mass is 1040 g/mol. The number of halogens is 18. The lowest BCUT2D eigenvalue weighted by molar-refractivity contribution is -0.359. The predicted molar refractivity (Wildman–Crippen MR) is 227 cm³/mol. The molecule has 0 spiro atoms. The van der Waals surface area contributed by atoms with Crippen LogP contribution < -0.4 is 15.3 Å². The van der Waals surface area contributed by atoms with E-state index in [1.54, 1.807) is 35.3 Å². The quantitative estimate of drug-likeness (QED) is 0.0436. The molecule has 0 saturated carbocycles. The Bertz CT molecular complexity index is 1890. The topological polar surface area (TPSA) is 59.1 Å². The fourth-order valence-corrected chi connectivity index (χ4v) is 9.06. The van der Waals surface area contributed by atoms with Gasteiger partial charge in [0.1, 0.15) is 6.42 Å². The van der Waals surface area contributed by atoms with Crippen LogP contribution >= 0.6 is 0 Å². The summed E-state index contributed by atoms with van der Waals surface area (Å²) in [6.45, 7) is 21.1. The highest BCUT2D eigenvalue weighted by Crippen LogP contribution is 2.33. The summed E-state index contributed by atoms with van der Waals surface area (Å²) in [7, 11) is -1.54. The Morgan fingerprint density at radius 1 is 0.691 bits per heavy atom. The van der Waals surface area contributed by atoms with Gasteiger partial charge in [0.25, 0.3) is 6.36 Å². The zero-order valence-electron chi connectivity index (χ0n) is 36.3. The lowest BCUT2D eigenvalue weighted by Gasteiger charge is -2.24. The van der Waals surface area contributed by atoms with Gasteiger partial charge in [-0.1, -0.05) is 70.6 Å². The van der Waals surface area contributed by atoms with E-state index in [-0.39, 0.29) is 0 Å². The van der Waals surface area contributed by atoms with E-state index in [4.69, 9.17) is 0 Å². The third-order valence-corrected chi connectivity index (χ3v) is 15.7. The van der Waals surface area contributed by atoms with Gasteiger partial charge in [-0.05, 0) is 51.9 Å². The summed E-state index contributed by atoms with van der Waals surface area (Å²) >= 11 is 0. The van der Waals surface area contributed by atoms with E-state index in [0.717, 1.165) is 34.2 Å². The molecule has 2 aromatic carbocycles. The van der Waals surface area contributed by atoms with E-state index in [0.29, 0.717) is 12.2 Å². The van der Waals surface area contributed by atoms with Crippen LogP contribution in [-0.2, 0) is 20.9 Å². The first-order valence-electron chi connectivity index (χ1n) is 19.0. The summed E-state index contributed by atoms with van der Waals surface area (Å²) in [6.07, 6.45) is -35.5. The molecule has 6 nitrogen and oxygen atoms in total. The van der Waals surface area contributed by atoms with E-state index in [1.807, 2.05) is 29.2 Å². The van der Waals surface area contributed by atoms with Crippen molar-refractivity contribution in [1.82, 2.24) is 4.90 Å². The Morgan fingerprint density at radius 3 is 1.50 bits per heavy atom. The summed E-state index contributed by atoms with van der Waals surface area (Å²) in [6, 6.07) is 15.2. The molecular weight excluding hydrogens is 995 g/mol. The van der Waals surface area contributed by atoms with Gasteiger partial charge in [-0.15, -0.1) is 43.9 Å². The zero-order valence-corrected chi connectivity index (χ0v) is 38.3. The van der Waals surface area contributed by atoms with Crippen molar-refractivity contribution in [2.45, 2.75) is 75.4 Å². The molecule has 2 unspecified atom stereocenters. The molecule has 384 valence electrons. The number of alkyl halides is 16. The van der Waals surface area contributed by atoms with Gasteiger partial charge in [0.15, 0.2) is 22.8 Å². The Labute approximate surface area is 382 Å². The highest BCUT2D eigenvalue weighted by atomic mass is 28.3. The van der Waals surface area contributed by atoms with Gasteiger partial charge in [-0.3, -0.25) is 9.53 Å². The molecule has 2 atom stereocenters. The molecule has 0 aliphatic heterocycles. The van der Waals surface area contributed by atoms with Crippen LogP contribution in [0.5, 0.6) is 0 Å². The summed E-state index contributed by atoms with van der Waals surface area (Å²) < 4.78 is 210. The van der Waals surface area contributed by atoms with Crippen molar-refractivity contribution < 1.29 is 98.4 Å². The van der Waals surface area contributed by atoms with Crippen molar-refractivity contribution >= 4 is 44.3 Å². The number of unbranched alkanes of at least 4 members (excludes halogenated alkanes) is 1. The number of hydrogen-bond acceptors (Lipinski definition) is 4. The molecule has 0 aliphatic rings. The molecular formula is C42H48F18N2O4Si2. The van der Waals surface area contributed by atoms with Crippen LogP contribution in [0.4, 0.5) is 89.6 Å². The number of amides is 2. The fourth-order valence-electron chi connectivity index (χ4n) is 5.04. The second-order valence-electron chi connectivity index (χ2n) is 13.9. The Balaban J connectivity index is 0. The van der Waals surface area contributed by atoms with E-state index in [1.165, 1.54) is 24.8 Å². The average molecular weight is 1040 g/mol. The summed E-state index contributed by atoms with van der Waals surface area (Å²) in [5.74, 6) is -1.01.